The van der Waals surface area contributed by atoms with Crippen LogP contribution in [-0.2, 0) is 15.2 Å². The maximum absolute atomic E-state index is 12.6. The highest BCUT2D eigenvalue weighted by molar-refractivity contribution is 5.74. The highest BCUT2D eigenvalue weighted by atomic mass is 16.7. The summed E-state index contributed by atoms with van der Waals surface area (Å²) in [5, 5.41) is 3.53. The fraction of sp³-hybridized carbons (Fsp3) is 0.269. The molecular weight excluding hydrogens is 400 g/mol. The second-order valence-corrected chi connectivity index (χ2v) is 7.53. The highest BCUT2D eigenvalue weighted by Crippen LogP contribution is 2.39. The van der Waals surface area contributed by atoms with Crippen LogP contribution in [0.15, 0.2) is 96.1 Å². The van der Waals surface area contributed by atoms with Crippen molar-refractivity contribution in [3.8, 4) is 0 Å². The molecule has 1 amide bonds. The molecule has 0 fully saturated rings. The van der Waals surface area contributed by atoms with E-state index in [4.69, 9.17) is 10.4 Å². The lowest BCUT2D eigenvalue weighted by Gasteiger charge is -2.35. The van der Waals surface area contributed by atoms with Gasteiger partial charge >= 0.3 is 0 Å². The minimum Gasteiger partial charge on any atom is -0.273 e. The van der Waals surface area contributed by atoms with Gasteiger partial charge in [0.2, 0.25) is 5.91 Å². The summed E-state index contributed by atoms with van der Waals surface area (Å²) >= 11 is 0. The number of hydroxylamine groups is 1. The molecular formula is C26H28N4O2. The normalized spacial score (nSPS) is 10.9. The van der Waals surface area contributed by atoms with Gasteiger partial charge in [0.1, 0.15) is 0 Å². The summed E-state index contributed by atoms with van der Waals surface area (Å²) < 4.78 is 0. The first kappa shape index (κ1) is 23.1. The second kappa shape index (κ2) is 12.3. The number of unbranched alkanes of at least 4 members (excludes halogenated alkanes) is 3. The van der Waals surface area contributed by atoms with E-state index >= 15 is 0 Å². The van der Waals surface area contributed by atoms with Crippen molar-refractivity contribution in [2.45, 2.75) is 37.7 Å². The largest absolute Gasteiger partial charge is 0.273 e. The van der Waals surface area contributed by atoms with Crippen molar-refractivity contribution in [2.75, 3.05) is 6.54 Å². The lowest BCUT2D eigenvalue weighted by Crippen LogP contribution is -2.40. The van der Waals surface area contributed by atoms with E-state index in [-0.39, 0.29) is 5.91 Å². The summed E-state index contributed by atoms with van der Waals surface area (Å²) in [7, 11) is 0. The van der Waals surface area contributed by atoms with Gasteiger partial charge in [0.05, 0.1) is 0 Å². The molecule has 0 heterocycles. The predicted molar refractivity (Wildman–Crippen MR) is 126 cm³/mol. The number of nitrogens with one attached hydrogen (secondary N) is 1. The monoisotopic (exact) mass is 428 g/mol. The summed E-state index contributed by atoms with van der Waals surface area (Å²) in [5.74, 6) is -0.160. The SMILES string of the molecule is [N-]=[N+]=NCCCCCCC(=O)NOC(c1ccccc1)(c1ccccc1)c1ccccc1. The molecule has 0 aliphatic rings. The average molecular weight is 429 g/mol. The van der Waals surface area contributed by atoms with Gasteiger partial charge in [-0.2, -0.15) is 0 Å². The van der Waals surface area contributed by atoms with Crippen LogP contribution in [0.4, 0.5) is 0 Å². The molecule has 6 heteroatoms. The van der Waals surface area contributed by atoms with Crippen molar-refractivity contribution in [3.63, 3.8) is 0 Å². The molecule has 6 nitrogen and oxygen atoms in total. The number of azide groups is 1. The maximum Gasteiger partial charge on any atom is 0.243 e. The van der Waals surface area contributed by atoms with Crippen molar-refractivity contribution in [3.05, 3.63) is 118 Å². The van der Waals surface area contributed by atoms with E-state index < -0.39 is 5.60 Å². The quantitative estimate of drug-likeness (QED) is 0.0918. The molecule has 3 rings (SSSR count). The predicted octanol–water partition coefficient (Wildman–Crippen LogP) is 6.29. The molecule has 0 aromatic heterocycles. The Hall–Kier alpha value is -3.60. The third-order valence-electron chi connectivity index (χ3n) is 5.33. The molecule has 0 bridgehead atoms. The third kappa shape index (κ3) is 5.97. The Bertz CT molecular complexity index is 907. The molecule has 32 heavy (non-hydrogen) atoms. The Morgan fingerprint density at radius 1 is 0.781 bits per heavy atom. The van der Waals surface area contributed by atoms with Gasteiger partial charge in [-0.05, 0) is 35.1 Å². The zero-order chi connectivity index (χ0) is 22.5. The molecule has 3 aromatic rings. The third-order valence-corrected chi connectivity index (χ3v) is 5.33. The van der Waals surface area contributed by atoms with Crippen LogP contribution >= 0.6 is 0 Å². The molecule has 0 radical (unpaired) electrons. The first-order valence-electron chi connectivity index (χ1n) is 10.9. The fourth-order valence-corrected chi connectivity index (χ4v) is 3.75. The Labute approximate surface area is 188 Å². The highest BCUT2D eigenvalue weighted by Gasteiger charge is 2.38. The van der Waals surface area contributed by atoms with Gasteiger partial charge in [0.25, 0.3) is 0 Å². The minimum absolute atomic E-state index is 0.160. The van der Waals surface area contributed by atoms with E-state index in [1.165, 1.54) is 0 Å². The van der Waals surface area contributed by atoms with Gasteiger partial charge in [-0.25, -0.2) is 5.48 Å². The molecule has 3 aromatic carbocycles. The number of nitrogens with zero attached hydrogens (tertiary/aromatic N) is 3. The van der Waals surface area contributed by atoms with Crippen LogP contribution in [0.2, 0.25) is 0 Å². The summed E-state index contributed by atoms with van der Waals surface area (Å²) in [6.45, 7) is 0.500. The molecule has 0 atom stereocenters. The Balaban J connectivity index is 1.78. The van der Waals surface area contributed by atoms with E-state index in [1.54, 1.807) is 0 Å². The zero-order valence-electron chi connectivity index (χ0n) is 18.1. The number of carbonyl (C=O) groups is 1. The van der Waals surface area contributed by atoms with E-state index in [0.717, 1.165) is 42.4 Å². The number of carbonyl (C=O) groups excluding carboxylic acids is 1. The summed E-state index contributed by atoms with van der Waals surface area (Å²) in [6.07, 6.45) is 3.78. The Kier molecular flexibility index (Phi) is 8.87. The van der Waals surface area contributed by atoms with Gasteiger partial charge in [-0.15, -0.1) is 0 Å². The van der Waals surface area contributed by atoms with Gasteiger partial charge in [-0.1, -0.05) is 109 Å². The van der Waals surface area contributed by atoms with Gasteiger partial charge in [0.15, 0.2) is 5.60 Å². The standard InChI is InChI=1S/C26H28N4O2/c27-30-28-21-13-2-1-12-20-25(31)29-32-26(22-14-6-3-7-15-22,23-16-8-4-9-17-23)24-18-10-5-11-19-24/h3-11,14-19H,1-2,12-13,20-21H2,(H,29,31). The van der Waals surface area contributed by atoms with E-state index in [2.05, 4.69) is 15.5 Å². The number of rotatable bonds is 12. The van der Waals surface area contributed by atoms with Crippen LogP contribution in [0.5, 0.6) is 0 Å². The first-order valence-corrected chi connectivity index (χ1v) is 10.9. The maximum atomic E-state index is 12.6. The topological polar surface area (TPSA) is 87.1 Å². The molecule has 0 aliphatic heterocycles. The van der Waals surface area contributed by atoms with Crippen LogP contribution in [0.1, 0.15) is 48.8 Å². The molecule has 0 aliphatic carbocycles. The fourth-order valence-electron chi connectivity index (χ4n) is 3.75. The Morgan fingerprint density at radius 2 is 1.25 bits per heavy atom. The van der Waals surface area contributed by atoms with E-state index in [9.17, 15) is 4.79 Å². The molecule has 0 saturated carbocycles. The number of amides is 1. The van der Waals surface area contributed by atoms with Crippen LogP contribution < -0.4 is 5.48 Å². The molecule has 0 saturated heterocycles. The smallest absolute Gasteiger partial charge is 0.243 e. The summed E-state index contributed by atoms with van der Waals surface area (Å²) in [6, 6.07) is 29.8. The number of hydrogen-bond acceptors (Lipinski definition) is 3. The van der Waals surface area contributed by atoms with Crippen molar-refractivity contribution in [1.82, 2.24) is 5.48 Å². The number of hydrogen-bond donors (Lipinski definition) is 1. The Morgan fingerprint density at radius 3 is 1.72 bits per heavy atom. The average Bonchev–Trinajstić information content (AvgIpc) is 2.86. The van der Waals surface area contributed by atoms with E-state index in [1.807, 2.05) is 91.0 Å². The van der Waals surface area contributed by atoms with Gasteiger partial charge in [0, 0.05) is 17.9 Å². The van der Waals surface area contributed by atoms with E-state index in [0.29, 0.717) is 13.0 Å². The zero-order valence-corrected chi connectivity index (χ0v) is 18.1. The second-order valence-electron chi connectivity index (χ2n) is 7.53. The van der Waals surface area contributed by atoms with Crippen molar-refractivity contribution in [1.29, 1.82) is 0 Å². The lowest BCUT2D eigenvalue weighted by molar-refractivity contribution is -0.143. The van der Waals surface area contributed by atoms with Crippen LogP contribution in [0.25, 0.3) is 10.4 Å². The molecule has 0 spiro atoms. The first-order chi connectivity index (χ1) is 15.8. The summed E-state index contributed by atoms with van der Waals surface area (Å²) in [4.78, 5) is 21.7. The van der Waals surface area contributed by atoms with Gasteiger partial charge in [-0.3, -0.25) is 9.63 Å². The van der Waals surface area contributed by atoms with Crippen molar-refractivity contribution < 1.29 is 9.63 Å². The molecule has 164 valence electrons. The lowest BCUT2D eigenvalue weighted by atomic mass is 9.80. The minimum atomic E-state index is -0.977. The summed E-state index contributed by atoms with van der Waals surface area (Å²) in [5.41, 5.74) is 12.8. The van der Waals surface area contributed by atoms with Crippen molar-refractivity contribution >= 4 is 5.91 Å². The van der Waals surface area contributed by atoms with Crippen LogP contribution in [0, 0.1) is 0 Å². The van der Waals surface area contributed by atoms with Crippen molar-refractivity contribution in [2.24, 2.45) is 5.11 Å². The number of benzene rings is 3. The van der Waals surface area contributed by atoms with Crippen LogP contribution in [-0.4, -0.2) is 12.5 Å². The van der Waals surface area contributed by atoms with Crippen LogP contribution in [0.3, 0.4) is 0 Å². The van der Waals surface area contributed by atoms with Gasteiger partial charge < -0.3 is 0 Å². The molecule has 1 N–H and O–H groups in total. The molecule has 0 unspecified atom stereocenters.